The van der Waals surface area contributed by atoms with Crippen LogP contribution in [0.25, 0.3) is 0 Å². The molecule has 0 saturated carbocycles. The zero-order valence-electron chi connectivity index (χ0n) is 15.8. The molecule has 0 atom stereocenters. The lowest BCUT2D eigenvalue weighted by atomic mass is 10.1. The Morgan fingerprint density at radius 3 is 2.54 bits per heavy atom. The molecule has 0 unspecified atom stereocenters. The molecule has 1 amide bonds. The molecule has 9 heteroatoms. The van der Waals surface area contributed by atoms with E-state index in [2.05, 4.69) is 10.5 Å². The van der Waals surface area contributed by atoms with E-state index in [1.165, 1.54) is 25.5 Å². The summed E-state index contributed by atoms with van der Waals surface area (Å²) >= 11 is 0. The second kappa shape index (κ2) is 9.91. The van der Waals surface area contributed by atoms with Gasteiger partial charge < -0.3 is 14.2 Å². The molecular formula is C19H21N3O6. The number of nitro groups is 1. The third-order valence-corrected chi connectivity index (χ3v) is 3.60. The first kappa shape index (κ1) is 20.7. The maximum absolute atomic E-state index is 12.4. The first-order chi connectivity index (χ1) is 13.5. The maximum Gasteiger partial charge on any atom is 0.275 e. The van der Waals surface area contributed by atoms with Gasteiger partial charge in [0.05, 0.1) is 37.0 Å². The van der Waals surface area contributed by atoms with E-state index in [1.54, 1.807) is 18.2 Å². The highest BCUT2D eigenvalue weighted by Gasteiger charge is 2.17. The third kappa shape index (κ3) is 5.19. The highest BCUT2D eigenvalue weighted by Crippen LogP contribution is 2.25. The number of carbonyl (C=O) groups is 1. The summed E-state index contributed by atoms with van der Waals surface area (Å²) in [7, 11) is 1.37. The van der Waals surface area contributed by atoms with Crippen LogP contribution in [0.1, 0.15) is 29.8 Å². The predicted octanol–water partition coefficient (Wildman–Crippen LogP) is 3.16. The number of nitrogens with one attached hydrogen (secondary N) is 1. The van der Waals surface area contributed by atoms with Crippen molar-refractivity contribution in [2.75, 3.05) is 20.3 Å². The van der Waals surface area contributed by atoms with Crippen molar-refractivity contribution in [2.45, 2.75) is 13.8 Å². The summed E-state index contributed by atoms with van der Waals surface area (Å²) in [5.74, 6) is 0.780. The molecule has 148 valence electrons. The molecule has 0 fully saturated rings. The Kier molecular flexibility index (Phi) is 7.32. The van der Waals surface area contributed by atoms with Crippen LogP contribution in [0.5, 0.6) is 17.2 Å². The quantitative estimate of drug-likeness (QED) is 0.402. The fraction of sp³-hybridized carbons (Fsp3) is 0.263. The van der Waals surface area contributed by atoms with Crippen molar-refractivity contribution >= 4 is 17.8 Å². The molecule has 28 heavy (non-hydrogen) atoms. The van der Waals surface area contributed by atoms with Crippen LogP contribution in [0, 0.1) is 10.1 Å². The first-order valence-corrected chi connectivity index (χ1v) is 8.55. The predicted molar refractivity (Wildman–Crippen MR) is 103 cm³/mol. The minimum atomic E-state index is -0.638. The number of hydrogen-bond donors (Lipinski definition) is 1. The Morgan fingerprint density at radius 1 is 1.14 bits per heavy atom. The van der Waals surface area contributed by atoms with E-state index in [0.29, 0.717) is 30.3 Å². The SMILES string of the molecule is CCOc1ccc(/C=N\NC(=O)c2cc([N+](=O)[O-])ccc2OC)c(OCC)c1. The van der Waals surface area contributed by atoms with Crippen molar-refractivity contribution in [2.24, 2.45) is 5.10 Å². The Labute approximate surface area is 162 Å². The standard InChI is InChI=1S/C19H21N3O6/c1-4-27-15-8-6-13(18(11-15)28-5-2)12-20-21-19(23)16-10-14(22(24)25)7-9-17(16)26-3/h6-12H,4-5H2,1-3H3,(H,21,23)/b20-12-. The molecule has 0 radical (unpaired) electrons. The van der Waals surface area contributed by atoms with Crippen LogP contribution in [0.3, 0.4) is 0 Å². The van der Waals surface area contributed by atoms with Crippen molar-refractivity contribution in [1.82, 2.24) is 5.43 Å². The number of amides is 1. The molecule has 2 aromatic carbocycles. The largest absolute Gasteiger partial charge is 0.496 e. The molecule has 0 aromatic heterocycles. The molecule has 0 aliphatic heterocycles. The summed E-state index contributed by atoms with van der Waals surface area (Å²) in [5.41, 5.74) is 2.76. The molecule has 1 N–H and O–H groups in total. The van der Waals surface area contributed by atoms with Gasteiger partial charge in [0.15, 0.2) is 0 Å². The van der Waals surface area contributed by atoms with Gasteiger partial charge in [0.25, 0.3) is 11.6 Å². The summed E-state index contributed by atoms with van der Waals surface area (Å²) in [5, 5.41) is 14.8. The number of ether oxygens (including phenoxy) is 3. The van der Waals surface area contributed by atoms with Crippen LogP contribution in [0.2, 0.25) is 0 Å². The Balaban J connectivity index is 2.19. The second-order valence-electron chi connectivity index (χ2n) is 5.41. The molecular weight excluding hydrogens is 366 g/mol. The highest BCUT2D eigenvalue weighted by molar-refractivity contribution is 5.98. The number of nitro benzene ring substituents is 1. The molecule has 0 saturated heterocycles. The Hall–Kier alpha value is -3.62. The minimum Gasteiger partial charge on any atom is -0.496 e. The van der Waals surface area contributed by atoms with Crippen LogP contribution < -0.4 is 19.6 Å². The van der Waals surface area contributed by atoms with Crippen molar-refractivity contribution in [3.05, 3.63) is 57.6 Å². The smallest absolute Gasteiger partial charge is 0.275 e. The van der Waals surface area contributed by atoms with E-state index in [0.717, 1.165) is 6.07 Å². The van der Waals surface area contributed by atoms with E-state index in [-0.39, 0.29) is 17.0 Å². The lowest BCUT2D eigenvalue weighted by Gasteiger charge is -2.10. The van der Waals surface area contributed by atoms with Gasteiger partial charge in [-0.15, -0.1) is 0 Å². The lowest BCUT2D eigenvalue weighted by molar-refractivity contribution is -0.384. The summed E-state index contributed by atoms with van der Waals surface area (Å²) in [4.78, 5) is 22.7. The van der Waals surface area contributed by atoms with Gasteiger partial charge in [-0.25, -0.2) is 5.43 Å². The molecule has 0 aliphatic carbocycles. The van der Waals surface area contributed by atoms with Gasteiger partial charge in [0.1, 0.15) is 17.2 Å². The second-order valence-corrected chi connectivity index (χ2v) is 5.41. The zero-order valence-corrected chi connectivity index (χ0v) is 15.8. The number of non-ortho nitro benzene ring substituents is 1. The van der Waals surface area contributed by atoms with E-state index in [4.69, 9.17) is 14.2 Å². The van der Waals surface area contributed by atoms with E-state index in [1.807, 2.05) is 13.8 Å². The number of hydrazone groups is 1. The van der Waals surface area contributed by atoms with Gasteiger partial charge in [-0.2, -0.15) is 5.10 Å². The number of methoxy groups -OCH3 is 1. The average molecular weight is 387 g/mol. The Bertz CT molecular complexity index is 882. The first-order valence-electron chi connectivity index (χ1n) is 8.55. The van der Waals surface area contributed by atoms with Gasteiger partial charge in [0, 0.05) is 23.8 Å². The van der Waals surface area contributed by atoms with Crippen molar-refractivity contribution in [3.63, 3.8) is 0 Å². The topological polar surface area (TPSA) is 112 Å². The molecule has 2 rings (SSSR count). The lowest BCUT2D eigenvalue weighted by Crippen LogP contribution is -2.18. The summed E-state index contributed by atoms with van der Waals surface area (Å²) in [6.45, 7) is 4.71. The highest BCUT2D eigenvalue weighted by atomic mass is 16.6. The van der Waals surface area contributed by atoms with Crippen molar-refractivity contribution in [1.29, 1.82) is 0 Å². The van der Waals surface area contributed by atoms with Crippen molar-refractivity contribution in [3.8, 4) is 17.2 Å². The third-order valence-electron chi connectivity index (χ3n) is 3.60. The van der Waals surface area contributed by atoms with Crippen LogP contribution in [0.15, 0.2) is 41.5 Å². The fourth-order valence-corrected chi connectivity index (χ4v) is 2.37. The molecule has 9 nitrogen and oxygen atoms in total. The minimum absolute atomic E-state index is 0.00516. The molecule has 0 heterocycles. The summed E-state index contributed by atoms with van der Waals surface area (Å²) in [6, 6.07) is 8.99. The van der Waals surface area contributed by atoms with Gasteiger partial charge in [-0.05, 0) is 32.0 Å². The molecule has 0 aliphatic rings. The van der Waals surface area contributed by atoms with Crippen LogP contribution >= 0.6 is 0 Å². The Morgan fingerprint density at radius 2 is 1.89 bits per heavy atom. The van der Waals surface area contributed by atoms with E-state index < -0.39 is 10.8 Å². The normalized spacial score (nSPS) is 10.5. The summed E-state index contributed by atoms with van der Waals surface area (Å²) in [6.07, 6.45) is 1.42. The van der Waals surface area contributed by atoms with Crippen LogP contribution in [0.4, 0.5) is 5.69 Å². The van der Waals surface area contributed by atoms with Crippen LogP contribution in [-0.2, 0) is 0 Å². The molecule has 0 bridgehead atoms. The van der Waals surface area contributed by atoms with E-state index >= 15 is 0 Å². The molecule has 0 spiro atoms. The van der Waals surface area contributed by atoms with Crippen LogP contribution in [-0.4, -0.2) is 37.4 Å². The summed E-state index contributed by atoms with van der Waals surface area (Å²) < 4.78 is 16.1. The zero-order chi connectivity index (χ0) is 20.5. The number of rotatable bonds is 9. The number of carbonyl (C=O) groups excluding carboxylic acids is 1. The fourth-order valence-electron chi connectivity index (χ4n) is 2.37. The number of nitrogens with zero attached hydrogens (tertiary/aromatic N) is 2. The van der Waals surface area contributed by atoms with E-state index in [9.17, 15) is 14.9 Å². The van der Waals surface area contributed by atoms with Gasteiger partial charge >= 0.3 is 0 Å². The maximum atomic E-state index is 12.4. The molecule has 2 aromatic rings. The van der Waals surface area contributed by atoms with Gasteiger partial charge in [-0.3, -0.25) is 14.9 Å². The monoisotopic (exact) mass is 387 g/mol. The van der Waals surface area contributed by atoms with Gasteiger partial charge in [0.2, 0.25) is 0 Å². The average Bonchev–Trinajstić information content (AvgIpc) is 2.69. The van der Waals surface area contributed by atoms with Gasteiger partial charge in [-0.1, -0.05) is 0 Å². The van der Waals surface area contributed by atoms with Crippen molar-refractivity contribution < 1.29 is 23.9 Å². The number of benzene rings is 2. The number of hydrogen-bond acceptors (Lipinski definition) is 7.